The molecule has 2 aliphatic rings. The van der Waals surface area contributed by atoms with E-state index >= 15 is 0 Å². The smallest absolute Gasteiger partial charge is 0.325 e. The van der Waals surface area contributed by atoms with Gasteiger partial charge in [-0.05, 0) is 32.4 Å². The molecule has 108 valence electrons. The molecule has 0 bridgehead atoms. The van der Waals surface area contributed by atoms with Gasteiger partial charge in [-0.1, -0.05) is 6.07 Å². The number of carboxylic acid groups (broad SMARTS) is 1. The second-order valence-corrected chi connectivity index (χ2v) is 5.75. The van der Waals surface area contributed by atoms with E-state index in [9.17, 15) is 9.90 Å². The van der Waals surface area contributed by atoms with Gasteiger partial charge in [-0.2, -0.15) is 0 Å². The van der Waals surface area contributed by atoms with Crippen LogP contribution in [0.15, 0.2) is 18.3 Å². The second-order valence-electron chi connectivity index (χ2n) is 5.75. The molecule has 0 radical (unpaired) electrons. The summed E-state index contributed by atoms with van der Waals surface area (Å²) in [5, 5.41) is 9.66. The summed E-state index contributed by atoms with van der Waals surface area (Å²) in [5.41, 5.74) is 1.64. The zero-order chi connectivity index (χ0) is 14.1. The highest BCUT2D eigenvalue weighted by Gasteiger charge is 2.37. The molecular formula is C15H21N3O2. The number of piperazine rings is 1. The molecule has 1 unspecified atom stereocenters. The van der Waals surface area contributed by atoms with E-state index in [4.69, 9.17) is 0 Å². The minimum atomic E-state index is -0.771. The Morgan fingerprint density at radius 2 is 2.30 bits per heavy atom. The molecule has 2 fully saturated rings. The van der Waals surface area contributed by atoms with Crippen LogP contribution in [-0.2, 0) is 4.79 Å². The van der Waals surface area contributed by atoms with Crippen LogP contribution >= 0.6 is 0 Å². The normalized spacial score (nSPS) is 25.4. The van der Waals surface area contributed by atoms with Crippen molar-refractivity contribution in [3.8, 4) is 0 Å². The number of hydrogen-bond acceptors (Lipinski definition) is 4. The summed E-state index contributed by atoms with van der Waals surface area (Å²) >= 11 is 0. The Morgan fingerprint density at radius 1 is 1.45 bits per heavy atom. The molecule has 0 spiro atoms. The molecule has 5 heteroatoms. The third kappa shape index (κ3) is 2.43. The van der Waals surface area contributed by atoms with Crippen molar-refractivity contribution in [2.24, 2.45) is 0 Å². The molecule has 3 rings (SSSR count). The Morgan fingerprint density at radius 3 is 3.05 bits per heavy atom. The largest absolute Gasteiger partial charge is 0.480 e. The summed E-state index contributed by atoms with van der Waals surface area (Å²) in [6.07, 6.45) is 4.14. The average Bonchev–Trinajstić information content (AvgIpc) is 2.88. The first-order valence-electron chi connectivity index (χ1n) is 7.29. The van der Waals surface area contributed by atoms with Crippen molar-refractivity contribution in [2.75, 3.05) is 26.2 Å². The molecule has 20 heavy (non-hydrogen) atoms. The lowest BCUT2D eigenvalue weighted by Gasteiger charge is -2.40. The van der Waals surface area contributed by atoms with Gasteiger partial charge in [0.25, 0.3) is 0 Å². The summed E-state index contributed by atoms with van der Waals surface area (Å²) in [4.78, 5) is 20.6. The fourth-order valence-corrected chi connectivity index (χ4v) is 3.52. The number of aliphatic carboxylic acids is 1. The lowest BCUT2D eigenvalue weighted by Crippen LogP contribution is -2.52. The highest BCUT2D eigenvalue weighted by molar-refractivity contribution is 5.76. The van der Waals surface area contributed by atoms with E-state index in [0.717, 1.165) is 30.9 Å². The number of carbonyl (C=O) groups is 1. The van der Waals surface area contributed by atoms with Crippen LogP contribution in [0.5, 0.6) is 0 Å². The van der Waals surface area contributed by atoms with Crippen molar-refractivity contribution in [3.63, 3.8) is 0 Å². The predicted molar refractivity (Wildman–Crippen MR) is 75.5 cm³/mol. The molecule has 1 N–H and O–H groups in total. The van der Waals surface area contributed by atoms with Gasteiger partial charge in [-0.15, -0.1) is 0 Å². The van der Waals surface area contributed by atoms with Crippen molar-refractivity contribution < 1.29 is 9.90 Å². The highest BCUT2D eigenvalue weighted by Crippen LogP contribution is 2.29. The molecule has 0 aliphatic carbocycles. The third-order valence-corrected chi connectivity index (χ3v) is 4.56. The van der Waals surface area contributed by atoms with Crippen molar-refractivity contribution in [1.29, 1.82) is 0 Å². The minimum absolute atomic E-state index is 0.530. The van der Waals surface area contributed by atoms with Gasteiger partial charge in [0.15, 0.2) is 0 Å². The quantitative estimate of drug-likeness (QED) is 0.901. The van der Waals surface area contributed by atoms with Gasteiger partial charge in [0.1, 0.15) is 6.04 Å². The molecule has 0 saturated carbocycles. The van der Waals surface area contributed by atoms with Crippen LogP contribution in [0, 0.1) is 6.92 Å². The molecule has 2 atom stereocenters. The van der Waals surface area contributed by atoms with Gasteiger partial charge in [0, 0.05) is 43.1 Å². The first-order chi connectivity index (χ1) is 9.66. The van der Waals surface area contributed by atoms with Gasteiger partial charge in [-0.25, -0.2) is 0 Å². The summed E-state index contributed by atoms with van der Waals surface area (Å²) in [7, 11) is 0. The summed E-state index contributed by atoms with van der Waals surface area (Å²) in [6.45, 7) is 5.71. The van der Waals surface area contributed by atoms with Gasteiger partial charge in [0.2, 0.25) is 0 Å². The van der Waals surface area contributed by atoms with E-state index in [-0.39, 0.29) is 0 Å². The van der Waals surface area contributed by atoms with E-state index in [0.29, 0.717) is 6.04 Å². The number of rotatable bonds is 3. The van der Waals surface area contributed by atoms with E-state index in [1.54, 1.807) is 6.20 Å². The molecular weight excluding hydrogens is 254 g/mol. The van der Waals surface area contributed by atoms with Gasteiger partial charge >= 0.3 is 5.97 Å². The zero-order valence-electron chi connectivity index (χ0n) is 11.8. The molecule has 0 aromatic carbocycles. The van der Waals surface area contributed by atoms with Crippen molar-refractivity contribution >= 4 is 5.97 Å². The Bertz CT molecular complexity index is 506. The first kappa shape index (κ1) is 13.5. The lowest BCUT2D eigenvalue weighted by atomic mass is 10.0. The molecule has 2 aliphatic heterocycles. The Balaban J connectivity index is 1.84. The topological polar surface area (TPSA) is 56.7 Å². The maximum Gasteiger partial charge on any atom is 0.325 e. The summed E-state index contributed by atoms with van der Waals surface area (Å²) in [6, 6.07) is 3.68. The molecule has 0 amide bonds. The number of pyridine rings is 1. The van der Waals surface area contributed by atoms with Gasteiger partial charge in [-0.3, -0.25) is 19.6 Å². The third-order valence-electron chi connectivity index (χ3n) is 4.56. The molecule has 1 aromatic rings. The SMILES string of the molecule is Cc1ncccc1C(C(=O)O)N1CCN2CCC[C@@H]2C1. The van der Waals surface area contributed by atoms with Crippen molar-refractivity contribution in [3.05, 3.63) is 29.6 Å². The lowest BCUT2D eigenvalue weighted by molar-refractivity contribution is -0.144. The van der Waals surface area contributed by atoms with Crippen LogP contribution in [0.1, 0.15) is 30.1 Å². The Kier molecular flexibility index (Phi) is 3.72. The minimum Gasteiger partial charge on any atom is -0.480 e. The van der Waals surface area contributed by atoms with Crippen LogP contribution in [0.2, 0.25) is 0 Å². The Labute approximate surface area is 119 Å². The fraction of sp³-hybridized carbons (Fsp3) is 0.600. The van der Waals surface area contributed by atoms with Crippen molar-refractivity contribution in [1.82, 2.24) is 14.8 Å². The molecule has 5 nitrogen and oxygen atoms in total. The van der Waals surface area contributed by atoms with Crippen LogP contribution in [0.3, 0.4) is 0 Å². The molecule has 3 heterocycles. The number of hydrogen-bond donors (Lipinski definition) is 1. The zero-order valence-corrected chi connectivity index (χ0v) is 11.8. The number of carboxylic acids is 1. The molecule has 2 saturated heterocycles. The summed E-state index contributed by atoms with van der Waals surface area (Å²) < 4.78 is 0. The van der Waals surface area contributed by atoms with E-state index in [1.165, 1.54) is 19.4 Å². The monoisotopic (exact) mass is 275 g/mol. The maximum atomic E-state index is 11.8. The van der Waals surface area contributed by atoms with Gasteiger partial charge in [0.05, 0.1) is 0 Å². The van der Waals surface area contributed by atoms with Crippen LogP contribution in [-0.4, -0.2) is 58.1 Å². The van der Waals surface area contributed by atoms with Crippen LogP contribution < -0.4 is 0 Å². The maximum absolute atomic E-state index is 11.8. The van der Waals surface area contributed by atoms with Crippen LogP contribution in [0.25, 0.3) is 0 Å². The van der Waals surface area contributed by atoms with Gasteiger partial charge < -0.3 is 5.11 Å². The van der Waals surface area contributed by atoms with E-state index in [2.05, 4.69) is 14.8 Å². The standard InChI is InChI=1S/C15H21N3O2/c1-11-13(5-2-6-16-11)14(15(19)20)18-9-8-17-7-3-4-12(17)10-18/h2,5-6,12,14H,3-4,7-10H2,1H3,(H,19,20)/t12-,14?/m1/s1. The van der Waals surface area contributed by atoms with E-state index in [1.807, 2.05) is 19.1 Å². The Hall–Kier alpha value is -1.46. The molecule has 1 aromatic heterocycles. The predicted octanol–water partition coefficient (Wildman–Crippen LogP) is 1.30. The number of fused-ring (bicyclic) bond motifs is 1. The highest BCUT2D eigenvalue weighted by atomic mass is 16.4. The number of nitrogens with zero attached hydrogens (tertiary/aromatic N) is 3. The van der Waals surface area contributed by atoms with Crippen LogP contribution in [0.4, 0.5) is 0 Å². The van der Waals surface area contributed by atoms with E-state index < -0.39 is 12.0 Å². The number of aryl methyl sites for hydroxylation is 1. The summed E-state index contributed by atoms with van der Waals surface area (Å²) in [5.74, 6) is -0.771. The average molecular weight is 275 g/mol. The van der Waals surface area contributed by atoms with Crippen molar-refractivity contribution in [2.45, 2.75) is 31.8 Å². The second kappa shape index (κ2) is 5.50. The fourth-order valence-electron chi connectivity index (χ4n) is 3.52. The number of aromatic nitrogens is 1. The first-order valence-corrected chi connectivity index (χ1v) is 7.29.